The van der Waals surface area contributed by atoms with Gasteiger partial charge < -0.3 is 16.8 Å². The highest BCUT2D eigenvalue weighted by Crippen LogP contribution is 2.15. The maximum atomic E-state index is 11.3. The lowest BCUT2D eigenvalue weighted by Gasteiger charge is -2.18. The molecule has 1 rings (SSSR count). The number of pyridine rings is 1. The summed E-state index contributed by atoms with van der Waals surface area (Å²) in [5, 5.41) is 3.22. The molecule has 1 aromatic rings. The molecular formula is C13H22N4O. The molecule has 5 nitrogen and oxygen atoms in total. The molecule has 0 bridgehead atoms. The van der Waals surface area contributed by atoms with E-state index in [-0.39, 0.29) is 6.04 Å². The first-order valence-electron chi connectivity index (χ1n) is 6.32. The van der Waals surface area contributed by atoms with Crippen molar-refractivity contribution in [2.24, 2.45) is 11.5 Å². The smallest absolute Gasteiger partial charge is 0.252 e. The van der Waals surface area contributed by atoms with Gasteiger partial charge in [0.15, 0.2) is 0 Å². The van der Waals surface area contributed by atoms with Crippen molar-refractivity contribution in [2.45, 2.75) is 39.2 Å². The van der Waals surface area contributed by atoms with E-state index in [0.29, 0.717) is 17.9 Å². The number of rotatable bonds is 7. The van der Waals surface area contributed by atoms with Gasteiger partial charge in [0.2, 0.25) is 0 Å². The number of aromatic nitrogens is 1. The van der Waals surface area contributed by atoms with Crippen molar-refractivity contribution in [1.29, 1.82) is 0 Å². The Morgan fingerprint density at radius 2 is 2.22 bits per heavy atom. The summed E-state index contributed by atoms with van der Waals surface area (Å²) in [6.45, 7) is 4.51. The monoisotopic (exact) mass is 250 g/mol. The molecule has 1 unspecified atom stereocenters. The van der Waals surface area contributed by atoms with Gasteiger partial charge in [-0.1, -0.05) is 19.8 Å². The molecule has 0 aliphatic heterocycles. The second-order valence-electron chi connectivity index (χ2n) is 4.43. The van der Waals surface area contributed by atoms with Crippen LogP contribution in [0.3, 0.4) is 0 Å². The molecule has 5 N–H and O–H groups in total. The number of primary amides is 1. The maximum Gasteiger partial charge on any atom is 0.252 e. The molecule has 5 heteroatoms. The van der Waals surface area contributed by atoms with E-state index in [4.69, 9.17) is 11.5 Å². The topological polar surface area (TPSA) is 94.0 Å². The Kier molecular flexibility index (Phi) is 5.58. The molecule has 0 fully saturated rings. The number of unbranched alkanes of at least 4 members (excludes halogenated alkanes) is 1. The summed E-state index contributed by atoms with van der Waals surface area (Å²) in [6.07, 6.45) is 3.16. The van der Waals surface area contributed by atoms with Crippen LogP contribution in [0.5, 0.6) is 0 Å². The molecule has 0 spiro atoms. The van der Waals surface area contributed by atoms with E-state index < -0.39 is 5.91 Å². The molecule has 0 aliphatic carbocycles. The standard InChI is InChI=1S/C13H22N4O/c1-3-4-5-10(8-14)17-13-11(12(15)18)7-6-9(2)16-13/h6-7,10H,3-5,8,14H2,1-2H3,(H2,15,18)(H,16,17). The van der Waals surface area contributed by atoms with Crippen LogP contribution in [-0.2, 0) is 0 Å². The highest BCUT2D eigenvalue weighted by molar-refractivity contribution is 5.97. The Bertz CT molecular complexity index is 406. The predicted octanol–water partition coefficient (Wildman–Crippen LogP) is 1.42. The van der Waals surface area contributed by atoms with Crippen molar-refractivity contribution in [3.05, 3.63) is 23.4 Å². The third kappa shape index (κ3) is 4.00. The van der Waals surface area contributed by atoms with Crippen molar-refractivity contribution in [2.75, 3.05) is 11.9 Å². The van der Waals surface area contributed by atoms with Gasteiger partial charge in [0.05, 0.1) is 5.56 Å². The van der Waals surface area contributed by atoms with Crippen LogP contribution >= 0.6 is 0 Å². The molecular weight excluding hydrogens is 228 g/mol. The quantitative estimate of drug-likeness (QED) is 0.682. The normalized spacial score (nSPS) is 12.2. The van der Waals surface area contributed by atoms with Gasteiger partial charge in [-0.05, 0) is 25.5 Å². The summed E-state index contributed by atoms with van der Waals surface area (Å²) in [6, 6.07) is 3.59. The second-order valence-corrected chi connectivity index (χ2v) is 4.43. The first-order valence-corrected chi connectivity index (χ1v) is 6.32. The lowest BCUT2D eigenvalue weighted by Crippen LogP contribution is -2.30. The van der Waals surface area contributed by atoms with E-state index in [2.05, 4.69) is 17.2 Å². The molecule has 100 valence electrons. The van der Waals surface area contributed by atoms with Gasteiger partial charge in [0.1, 0.15) is 5.82 Å². The Morgan fingerprint density at radius 1 is 1.50 bits per heavy atom. The van der Waals surface area contributed by atoms with Crippen LogP contribution in [0.25, 0.3) is 0 Å². The zero-order chi connectivity index (χ0) is 13.5. The lowest BCUT2D eigenvalue weighted by molar-refractivity contribution is 0.100. The summed E-state index contributed by atoms with van der Waals surface area (Å²) >= 11 is 0. The third-order valence-corrected chi connectivity index (χ3v) is 2.83. The SMILES string of the molecule is CCCCC(CN)Nc1nc(C)ccc1C(N)=O. The molecule has 18 heavy (non-hydrogen) atoms. The number of carbonyl (C=O) groups excluding carboxylic acids is 1. The number of nitrogens with two attached hydrogens (primary N) is 2. The van der Waals surface area contributed by atoms with Crippen LogP contribution in [-0.4, -0.2) is 23.5 Å². The first-order chi connectivity index (χ1) is 8.58. The zero-order valence-corrected chi connectivity index (χ0v) is 11.1. The van der Waals surface area contributed by atoms with Gasteiger partial charge in [0, 0.05) is 18.3 Å². The average Bonchev–Trinajstić information content (AvgIpc) is 2.34. The first kappa shape index (κ1) is 14.4. The Labute approximate surface area is 108 Å². The van der Waals surface area contributed by atoms with E-state index >= 15 is 0 Å². The van der Waals surface area contributed by atoms with E-state index in [1.165, 1.54) is 0 Å². The Balaban J connectivity index is 2.86. The number of anilines is 1. The van der Waals surface area contributed by atoms with Crippen molar-refractivity contribution in [3.63, 3.8) is 0 Å². The largest absolute Gasteiger partial charge is 0.365 e. The van der Waals surface area contributed by atoms with Gasteiger partial charge in [-0.2, -0.15) is 0 Å². The maximum absolute atomic E-state index is 11.3. The van der Waals surface area contributed by atoms with E-state index in [1.807, 2.05) is 6.92 Å². The summed E-state index contributed by atoms with van der Waals surface area (Å²) in [5.74, 6) is 0.0605. The minimum atomic E-state index is -0.476. The van der Waals surface area contributed by atoms with Crippen molar-refractivity contribution in [3.8, 4) is 0 Å². The highest BCUT2D eigenvalue weighted by Gasteiger charge is 2.13. The fraction of sp³-hybridized carbons (Fsp3) is 0.538. The predicted molar refractivity (Wildman–Crippen MR) is 73.5 cm³/mol. The molecule has 0 saturated carbocycles. The fourth-order valence-electron chi connectivity index (χ4n) is 1.76. The number of nitrogens with one attached hydrogen (secondary N) is 1. The number of nitrogens with zero attached hydrogens (tertiary/aromatic N) is 1. The average molecular weight is 250 g/mol. The Morgan fingerprint density at radius 3 is 2.78 bits per heavy atom. The fourth-order valence-corrected chi connectivity index (χ4v) is 1.76. The number of hydrogen-bond acceptors (Lipinski definition) is 4. The molecule has 0 saturated heterocycles. The molecule has 0 aliphatic rings. The summed E-state index contributed by atoms with van der Waals surface area (Å²) < 4.78 is 0. The van der Waals surface area contributed by atoms with E-state index in [9.17, 15) is 4.79 Å². The number of aryl methyl sites for hydroxylation is 1. The summed E-state index contributed by atoms with van der Waals surface area (Å²) in [5.41, 5.74) is 12.3. The van der Waals surface area contributed by atoms with E-state index in [1.54, 1.807) is 12.1 Å². The lowest BCUT2D eigenvalue weighted by atomic mass is 10.1. The molecule has 1 heterocycles. The summed E-state index contributed by atoms with van der Waals surface area (Å²) in [4.78, 5) is 15.7. The van der Waals surface area contributed by atoms with Crippen molar-refractivity contribution < 1.29 is 4.79 Å². The van der Waals surface area contributed by atoms with Crippen LogP contribution in [0, 0.1) is 6.92 Å². The minimum absolute atomic E-state index is 0.123. The van der Waals surface area contributed by atoms with Gasteiger partial charge in [-0.15, -0.1) is 0 Å². The van der Waals surface area contributed by atoms with Gasteiger partial charge >= 0.3 is 0 Å². The van der Waals surface area contributed by atoms with Crippen LogP contribution in [0.15, 0.2) is 12.1 Å². The third-order valence-electron chi connectivity index (χ3n) is 2.83. The van der Waals surface area contributed by atoms with Gasteiger partial charge in [-0.25, -0.2) is 4.98 Å². The Hall–Kier alpha value is -1.62. The second kappa shape index (κ2) is 6.96. The van der Waals surface area contributed by atoms with Gasteiger partial charge in [-0.3, -0.25) is 4.79 Å². The van der Waals surface area contributed by atoms with Crippen LogP contribution < -0.4 is 16.8 Å². The van der Waals surface area contributed by atoms with Crippen molar-refractivity contribution >= 4 is 11.7 Å². The number of amides is 1. The van der Waals surface area contributed by atoms with Crippen LogP contribution in [0.2, 0.25) is 0 Å². The molecule has 0 aromatic carbocycles. The van der Waals surface area contributed by atoms with Crippen LogP contribution in [0.4, 0.5) is 5.82 Å². The molecule has 1 atom stereocenters. The zero-order valence-electron chi connectivity index (χ0n) is 11.1. The molecule has 1 amide bonds. The van der Waals surface area contributed by atoms with Gasteiger partial charge in [0.25, 0.3) is 5.91 Å². The molecule has 0 radical (unpaired) electrons. The van der Waals surface area contributed by atoms with Crippen LogP contribution in [0.1, 0.15) is 42.2 Å². The number of carbonyl (C=O) groups is 1. The molecule has 1 aromatic heterocycles. The number of hydrogen-bond donors (Lipinski definition) is 3. The summed E-state index contributed by atoms with van der Waals surface area (Å²) in [7, 11) is 0. The minimum Gasteiger partial charge on any atom is -0.365 e. The van der Waals surface area contributed by atoms with Crippen molar-refractivity contribution in [1.82, 2.24) is 4.98 Å². The highest BCUT2D eigenvalue weighted by atomic mass is 16.1. The van der Waals surface area contributed by atoms with E-state index in [0.717, 1.165) is 25.0 Å².